The molecule has 3 rings (SSSR count). The lowest BCUT2D eigenvalue weighted by atomic mass is 10.2. The van der Waals surface area contributed by atoms with Crippen LogP contribution in [0.25, 0.3) is 0 Å². The minimum absolute atomic E-state index is 0.143. The molecule has 0 N–H and O–H groups in total. The highest BCUT2D eigenvalue weighted by Crippen LogP contribution is 2.20. The minimum Gasteiger partial charge on any atom is -0.337 e. The van der Waals surface area contributed by atoms with Gasteiger partial charge in [-0.2, -0.15) is 0 Å². The molecule has 21 heavy (non-hydrogen) atoms. The number of aromatic nitrogens is 4. The highest BCUT2D eigenvalue weighted by atomic mass is 16.2. The molecule has 6 heteroatoms. The Morgan fingerprint density at radius 3 is 2.48 bits per heavy atom. The number of amides is 1. The van der Waals surface area contributed by atoms with E-state index in [9.17, 15) is 4.79 Å². The van der Waals surface area contributed by atoms with Crippen molar-refractivity contribution >= 4 is 5.91 Å². The molecule has 0 radical (unpaired) electrons. The highest BCUT2D eigenvalue weighted by molar-refractivity contribution is 5.80. The van der Waals surface area contributed by atoms with E-state index < -0.39 is 0 Å². The number of carbonyl (C=O) groups is 1. The van der Waals surface area contributed by atoms with Gasteiger partial charge in [0.05, 0.1) is 6.54 Å². The van der Waals surface area contributed by atoms with Gasteiger partial charge in [-0.1, -0.05) is 0 Å². The number of hydrogen-bond acceptors (Lipinski definition) is 3. The predicted molar refractivity (Wildman–Crippen MR) is 78.8 cm³/mol. The van der Waals surface area contributed by atoms with E-state index in [1.54, 1.807) is 0 Å². The van der Waals surface area contributed by atoms with Gasteiger partial charge in [0.15, 0.2) is 5.82 Å². The van der Waals surface area contributed by atoms with Crippen LogP contribution in [0.15, 0.2) is 12.1 Å². The van der Waals surface area contributed by atoms with Crippen LogP contribution >= 0.6 is 0 Å². The third kappa shape index (κ3) is 2.24. The van der Waals surface area contributed by atoms with Gasteiger partial charge >= 0.3 is 0 Å². The topological polar surface area (TPSA) is 56.0 Å². The Kier molecular flexibility index (Phi) is 3.31. The van der Waals surface area contributed by atoms with Gasteiger partial charge < -0.3 is 14.0 Å². The third-order valence-electron chi connectivity index (χ3n) is 4.32. The molecule has 0 bridgehead atoms. The lowest BCUT2D eigenvalue weighted by Crippen LogP contribution is -2.42. The summed E-state index contributed by atoms with van der Waals surface area (Å²) in [6.07, 6.45) is 0. The van der Waals surface area contributed by atoms with E-state index in [4.69, 9.17) is 0 Å². The number of rotatable bonds is 2. The molecule has 1 aliphatic rings. The lowest BCUT2D eigenvalue weighted by Gasteiger charge is -2.31. The molecule has 6 nitrogen and oxygen atoms in total. The van der Waals surface area contributed by atoms with Crippen LogP contribution in [-0.2, 0) is 17.9 Å². The molecular formula is C15H21N5O. The van der Waals surface area contributed by atoms with Crippen molar-refractivity contribution in [1.29, 1.82) is 0 Å². The van der Waals surface area contributed by atoms with Crippen LogP contribution in [0.3, 0.4) is 0 Å². The van der Waals surface area contributed by atoms with Crippen molar-refractivity contribution in [1.82, 2.24) is 24.2 Å². The van der Waals surface area contributed by atoms with Crippen molar-refractivity contribution in [2.75, 3.05) is 6.54 Å². The van der Waals surface area contributed by atoms with Gasteiger partial charge in [0.1, 0.15) is 11.9 Å². The zero-order valence-electron chi connectivity index (χ0n) is 13.0. The molecular weight excluding hydrogens is 266 g/mol. The Labute approximate surface area is 124 Å². The van der Waals surface area contributed by atoms with E-state index in [0.29, 0.717) is 13.1 Å². The van der Waals surface area contributed by atoms with E-state index >= 15 is 0 Å². The molecule has 112 valence electrons. The van der Waals surface area contributed by atoms with Gasteiger partial charge in [0, 0.05) is 24.5 Å². The number of nitrogens with zero attached hydrogens (tertiary/aromatic N) is 5. The fourth-order valence-corrected chi connectivity index (χ4v) is 3.16. The molecule has 1 amide bonds. The molecule has 3 heterocycles. The van der Waals surface area contributed by atoms with E-state index in [2.05, 4.69) is 31.5 Å². The average molecular weight is 287 g/mol. The maximum Gasteiger partial charge on any atom is 0.245 e. The Hall–Kier alpha value is -2.11. The second-order valence-electron chi connectivity index (χ2n) is 5.74. The molecule has 1 atom stereocenters. The Bertz CT molecular complexity index is 665. The molecule has 2 aromatic heterocycles. The van der Waals surface area contributed by atoms with Crippen LogP contribution in [0.4, 0.5) is 0 Å². The fraction of sp³-hybridized carbons (Fsp3) is 0.533. The molecule has 1 unspecified atom stereocenters. The number of carbonyl (C=O) groups excluding carboxylic acids is 1. The summed E-state index contributed by atoms with van der Waals surface area (Å²) in [6, 6.07) is 3.92. The quantitative estimate of drug-likeness (QED) is 0.843. The molecule has 1 aliphatic heterocycles. The molecule has 0 spiro atoms. The maximum absolute atomic E-state index is 12.8. The van der Waals surface area contributed by atoms with Gasteiger partial charge in [-0.3, -0.25) is 4.79 Å². The maximum atomic E-state index is 12.8. The van der Waals surface area contributed by atoms with Crippen LogP contribution in [0.1, 0.15) is 36.0 Å². The summed E-state index contributed by atoms with van der Waals surface area (Å²) in [5, 5.41) is 8.24. The second kappa shape index (κ2) is 5.02. The van der Waals surface area contributed by atoms with Gasteiger partial charge in [0.25, 0.3) is 0 Å². The van der Waals surface area contributed by atoms with Crippen molar-refractivity contribution in [3.05, 3.63) is 35.2 Å². The zero-order valence-corrected chi connectivity index (χ0v) is 13.0. The largest absolute Gasteiger partial charge is 0.337 e. The first kappa shape index (κ1) is 13.9. The SMILES string of the molecule is Cc1nnc2n1CCN(C(=O)C(C)n1c(C)ccc1C)C2. The monoisotopic (exact) mass is 287 g/mol. The summed E-state index contributed by atoms with van der Waals surface area (Å²) in [5.41, 5.74) is 2.23. The van der Waals surface area contributed by atoms with Crippen molar-refractivity contribution in [3.8, 4) is 0 Å². The van der Waals surface area contributed by atoms with E-state index in [0.717, 1.165) is 29.6 Å². The van der Waals surface area contributed by atoms with Crippen molar-refractivity contribution in [3.63, 3.8) is 0 Å². The summed E-state index contributed by atoms with van der Waals surface area (Å²) >= 11 is 0. The second-order valence-corrected chi connectivity index (χ2v) is 5.74. The predicted octanol–water partition coefficient (Wildman–Crippen LogP) is 1.61. The van der Waals surface area contributed by atoms with E-state index in [1.807, 2.05) is 32.6 Å². The first-order valence-corrected chi connectivity index (χ1v) is 7.31. The highest BCUT2D eigenvalue weighted by Gasteiger charge is 2.28. The molecule has 0 fully saturated rings. The molecule has 2 aromatic rings. The van der Waals surface area contributed by atoms with Gasteiger partial charge in [0.2, 0.25) is 5.91 Å². The van der Waals surface area contributed by atoms with Crippen LogP contribution in [0.2, 0.25) is 0 Å². The first-order chi connectivity index (χ1) is 9.99. The van der Waals surface area contributed by atoms with Crippen molar-refractivity contribution in [2.24, 2.45) is 0 Å². The standard InChI is InChI=1S/C15H21N5O/c1-10-5-6-11(2)20(10)12(3)15(21)18-7-8-19-13(4)16-17-14(19)9-18/h5-6,12H,7-9H2,1-4H3. The minimum atomic E-state index is -0.185. The van der Waals surface area contributed by atoms with Crippen molar-refractivity contribution < 1.29 is 4.79 Å². The molecule has 0 saturated heterocycles. The van der Waals surface area contributed by atoms with E-state index in [1.165, 1.54) is 0 Å². The summed E-state index contributed by atoms with van der Waals surface area (Å²) < 4.78 is 4.17. The van der Waals surface area contributed by atoms with Gasteiger partial charge in [-0.05, 0) is 39.8 Å². The zero-order chi connectivity index (χ0) is 15.1. The van der Waals surface area contributed by atoms with E-state index in [-0.39, 0.29) is 11.9 Å². The Morgan fingerprint density at radius 2 is 1.81 bits per heavy atom. The molecule has 0 aliphatic carbocycles. The Balaban J connectivity index is 1.81. The average Bonchev–Trinajstić information content (AvgIpc) is 3.00. The molecule has 0 saturated carbocycles. The number of aryl methyl sites for hydroxylation is 3. The summed E-state index contributed by atoms with van der Waals surface area (Å²) in [7, 11) is 0. The number of hydrogen-bond donors (Lipinski definition) is 0. The van der Waals surface area contributed by atoms with Crippen LogP contribution in [0.5, 0.6) is 0 Å². The smallest absolute Gasteiger partial charge is 0.245 e. The fourth-order valence-electron chi connectivity index (χ4n) is 3.16. The lowest BCUT2D eigenvalue weighted by molar-refractivity contribution is -0.135. The summed E-state index contributed by atoms with van der Waals surface area (Å²) in [4.78, 5) is 14.6. The van der Waals surface area contributed by atoms with Crippen molar-refractivity contribution in [2.45, 2.75) is 46.8 Å². The summed E-state index contributed by atoms with van der Waals surface area (Å²) in [6.45, 7) is 10.0. The molecule has 0 aromatic carbocycles. The van der Waals surface area contributed by atoms with Gasteiger partial charge in [-0.15, -0.1) is 10.2 Å². The first-order valence-electron chi connectivity index (χ1n) is 7.31. The van der Waals surface area contributed by atoms with Crippen LogP contribution in [0, 0.1) is 20.8 Å². The van der Waals surface area contributed by atoms with Crippen LogP contribution in [-0.4, -0.2) is 36.7 Å². The normalized spacial score (nSPS) is 15.9. The summed E-state index contributed by atoms with van der Waals surface area (Å²) in [5.74, 6) is 1.94. The third-order valence-corrected chi connectivity index (χ3v) is 4.32. The van der Waals surface area contributed by atoms with Crippen LogP contribution < -0.4 is 0 Å². The number of fused-ring (bicyclic) bond motifs is 1. The van der Waals surface area contributed by atoms with Gasteiger partial charge in [-0.25, -0.2) is 0 Å². The Morgan fingerprint density at radius 1 is 1.14 bits per heavy atom.